The minimum absolute atomic E-state index is 0.258. The number of hydrogen-bond acceptors (Lipinski definition) is 3. The Labute approximate surface area is 164 Å². The number of nitrogens with one attached hydrogen (secondary N) is 1. The highest BCUT2D eigenvalue weighted by atomic mass is 35.5. The van der Waals surface area contributed by atoms with E-state index >= 15 is 0 Å². The Kier molecular flexibility index (Phi) is 7.92. The number of rotatable bonds is 9. The fourth-order valence-corrected chi connectivity index (χ4v) is 2.73. The zero-order valence-corrected chi connectivity index (χ0v) is 16.6. The fraction of sp³-hybridized carbons (Fsp3) is 0.381. The Bertz CT molecular complexity index is 763. The number of ether oxygens (including phenoxy) is 2. The molecule has 0 bridgehead atoms. The van der Waals surface area contributed by atoms with Gasteiger partial charge in [-0.25, -0.2) is 4.39 Å². The van der Waals surface area contributed by atoms with Crippen LogP contribution in [-0.4, -0.2) is 26.2 Å². The van der Waals surface area contributed by atoms with Gasteiger partial charge in [-0.2, -0.15) is 0 Å². The first-order valence-corrected chi connectivity index (χ1v) is 9.31. The topological polar surface area (TPSA) is 47.6 Å². The summed E-state index contributed by atoms with van der Waals surface area (Å²) in [5.74, 6) is 0.852. The first-order chi connectivity index (χ1) is 12.9. The van der Waals surface area contributed by atoms with Crippen LogP contribution in [0.15, 0.2) is 36.4 Å². The van der Waals surface area contributed by atoms with Crippen LogP contribution in [0.25, 0.3) is 0 Å². The highest BCUT2D eigenvalue weighted by molar-refractivity contribution is 6.32. The molecule has 0 saturated heterocycles. The molecule has 0 aliphatic heterocycles. The summed E-state index contributed by atoms with van der Waals surface area (Å²) in [6.07, 6.45) is 1.50. The highest BCUT2D eigenvalue weighted by Crippen LogP contribution is 2.36. The van der Waals surface area contributed by atoms with E-state index in [1.165, 1.54) is 19.2 Å². The van der Waals surface area contributed by atoms with Crippen molar-refractivity contribution in [1.82, 2.24) is 5.32 Å². The minimum Gasteiger partial charge on any atom is -0.493 e. The summed E-state index contributed by atoms with van der Waals surface area (Å²) in [6.45, 7) is 5.18. The monoisotopic (exact) mass is 393 g/mol. The molecule has 0 spiro atoms. The number of benzene rings is 2. The molecule has 1 amide bonds. The molecule has 0 fully saturated rings. The van der Waals surface area contributed by atoms with E-state index in [0.717, 1.165) is 12.0 Å². The van der Waals surface area contributed by atoms with Crippen molar-refractivity contribution in [2.75, 3.05) is 20.3 Å². The number of amides is 1. The lowest BCUT2D eigenvalue weighted by atomic mass is 10.1. The molecular formula is C21H25ClFNO3. The van der Waals surface area contributed by atoms with E-state index < -0.39 is 0 Å². The summed E-state index contributed by atoms with van der Waals surface area (Å²) < 4.78 is 24.0. The van der Waals surface area contributed by atoms with Gasteiger partial charge in [-0.1, -0.05) is 37.6 Å². The standard InChI is InChI=1S/C21H25ClFNO3/c1-14(2)9-11-27-20-18(22)12-16(13-19(20)26-3)21(25)24-10-8-15-4-6-17(23)7-5-15/h4-7,12-14H,8-11H2,1-3H3,(H,24,25). The Balaban J connectivity index is 1.98. The number of hydrogen-bond donors (Lipinski definition) is 1. The van der Waals surface area contributed by atoms with Crippen molar-refractivity contribution in [1.29, 1.82) is 0 Å². The van der Waals surface area contributed by atoms with Crippen LogP contribution in [-0.2, 0) is 6.42 Å². The van der Waals surface area contributed by atoms with Gasteiger partial charge in [0.05, 0.1) is 18.7 Å². The van der Waals surface area contributed by atoms with E-state index in [1.807, 2.05) is 0 Å². The summed E-state index contributed by atoms with van der Waals surface area (Å²) in [7, 11) is 1.51. The molecule has 0 radical (unpaired) electrons. The highest BCUT2D eigenvalue weighted by Gasteiger charge is 2.16. The van der Waals surface area contributed by atoms with Crippen LogP contribution >= 0.6 is 11.6 Å². The average Bonchev–Trinajstić information content (AvgIpc) is 2.63. The van der Waals surface area contributed by atoms with Crippen molar-refractivity contribution in [3.8, 4) is 11.5 Å². The molecule has 2 aromatic carbocycles. The molecule has 0 aliphatic rings. The maximum absolute atomic E-state index is 12.9. The van der Waals surface area contributed by atoms with Gasteiger partial charge < -0.3 is 14.8 Å². The molecule has 1 N–H and O–H groups in total. The number of carbonyl (C=O) groups is 1. The number of methoxy groups -OCH3 is 1. The van der Waals surface area contributed by atoms with E-state index in [0.29, 0.717) is 47.6 Å². The summed E-state index contributed by atoms with van der Waals surface area (Å²) in [6, 6.07) is 9.39. The van der Waals surface area contributed by atoms with Crippen LogP contribution in [0.3, 0.4) is 0 Å². The van der Waals surface area contributed by atoms with Crippen molar-refractivity contribution in [3.63, 3.8) is 0 Å². The van der Waals surface area contributed by atoms with E-state index in [2.05, 4.69) is 19.2 Å². The van der Waals surface area contributed by atoms with Crippen molar-refractivity contribution in [2.45, 2.75) is 26.7 Å². The first-order valence-electron chi connectivity index (χ1n) is 8.93. The Hall–Kier alpha value is -2.27. The van der Waals surface area contributed by atoms with Gasteiger partial charge in [-0.15, -0.1) is 0 Å². The normalized spacial score (nSPS) is 10.7. The van der Waals surface area contributed by atoms with E-state index in [1.54, 1.807) is 24.3 Å². The van der Waals surface area contributed by atoms with Crippen molar-refractivity contribution >= 4 is 17.5 Å². The molecule has 0 saturated carbocycles. The van der Waals surface area contributed by atoms with Crippen LogP contribution in [0.4, 0.5) is 4.39 Å². The first kappa shape index (κ1) is 21.0. The maximum Gasteiger partial charge on any atom is 0.251 e. The Morgan fingerprint density at radius 2 is 1.93 bits per heavy atom. The van der Waals surface area contributed by atoms with Crippen molar-refractivity contribution < 1.29 is 18.7 Å². The van der Waals surface area contributed by atoms with Crippen LogP contribution in [0, 0.1) is 11.7 Å². The van der Waals surface area contributed by atoms with E-state index in [4.69, 9.17) is 21.1 Å². The second kappa shape index (κ2) is 10.2. The molecular weight excluding hydrogens is 369 g/mol. The lowest BCUT2D eigenvalue weighted by Crippen LogP contribution is -2.25. The molecule has 0 aromatic heterocycles. The SMILES string of the molecule is COc1cc(C(=O)NCCc2ccc(F)cc2)cc(Cl)c1OCCC(C)C. The quantitative estimate of drug-likeness (QED) is 0.660. The third kappa shape index (κ3) is 6.43. The summed E-state index contributed by atoms with van der Waals surface area (Å²) >= 11 is 6.30. The van der Waals surface area contributed by atoms with E-state index in [9.17, 15) is 9.18 Å². The van der Waals surface area contributed by atoms with Gasteiger partial charge >= 0.3 is 0 Å². The Morgan fingerprint density at radius 3 is 2.56 bits per heavy atom. The molecule has 4 nitrogen and oxygen atoms in total. The lowest BCUT2D eigenvalue weighted by molar-refractivity contribution is 0.0953. The van der Waals surface area contributed by atoms with Gasteiger partial charge in [0.2, 0.25) is 0 Å². The predicted octanol–water partition coefficient (Wildman–Crippen LogP) is 4.89. The van der Waals surface area contributed by atoms with Crippen LogP contribution < -0.4 is 14.8 Å². The van der Waals surface area contributed by atoms with Gasteiger partial charge in [0.15, 0.2) is 11.5 Å². The van der Waals surface area contributed by atoms with E-state index in [-0.39, 0.29) is 11.7 Å². The molecule has 0 heterocycles. The van der Waals surface area contributed by atoms with Gasteiger partial charge in [-0.3, -0.25) is 4.79 Å². The second-order valence-corrected chi connectivity index (χ2v) is 7.06. The average molecular weight is 394 g/mol. The van der Waals surface area contributed by atoms with Crippen molar-refractivity contribution in [3.05, 3.63) is 58.4 Å². The number of carbonyl (C=O) groups excluding carboxylic acids is 1. The maximum atomic E-state index is 12.9. The summed E-state index contributed by atoms with van der Waals surface area (Å²) in [5.41, 5.74) is 1.34. The minimum atomic E-state index is -0.278. The lowest BCUT2D eigenvalue weighted by Gasteiger charge is -2.15. The third-order valence-corrected chi connectivity index (χ3v) is 4.33. The molecule has 0 aliphatic carbocycles. The smallest absolute Gasteiger partial charge is 0.251 e. The van der Waals surface area contributed by atoms with Gasteiger partial charge in [0.1, 0.15) is 5.82 Å². The van der Waals surface area contributed by atoms with Crippen molar-refractivity contribution in [2.24, 2.45) is 5.92 Å². The number of halogens is 2. The molecule has 0 atom stereocenters. The van der Waals surface area contributed by atoms with Gasteiger partial charge in [0, 0.05) is 12.1 Å². The Morgan fingerprint density at radius 1 is 1.22 bits per heavy atom. The fourth-order valence-electron chi connectivity index (χ4n) is 2.46. The van der Waals surface area contributed by atoms with Crippen LogP contribution in [0.1, 0.15) is 36.2 Å². The van der Waals surface area contributed by atoms with Gasteiger partial charge in [0.25, 0.3) is 5.91 Å². The zero-order chi connectivity index (χ0) is 19.8. The largest absolute Gasteiger partial charge is 0.493 e. The van der Waals surface area contributed by atoms with Crippen LogP contribution in [0.5, 0.6) is 11.5 Å². The molecule has 6 heteroatoms. The molecule has 2 aromatic rings. The molecule has 27 heavy (non-hydrogen) atoms. The van der Waals surface area contributed by atoms with Crippen LogP contribution in [0.2, 0.25) is 5.02 Å². The molecule has 0 unspecified atom stereocenters. The molecule has 146 valence electrons. The second-order valence-electron chi connectivity index (χ2n) is 6.65. The predicted molar refractivity (Wildman–Crippen MR) is 105 cm³/mol. The third-order valence-electron chi connectivity index (χ3n) is 4.05. The summed E-state index contributed by atoms with van der Waals surface area (Å²) in [5, 5.41) is 3.17. The zero-order valence-electron chi connectivity index (χ0n) is 15.9. The summed E-state index contributed by atoms with van der Waals surface area (Å²) in [4.78, 5) is 12.4. The van der Waals surface area contributed by atoms with Gasteiger partial charge in [-0.05, 0) is 48.6 Å². The molecule has 2 rings (SSSR count).